The second-order valence-corrected chi connectivity index (χ2v) is 11.4. The summed E-state index contributed by atoms with van der Waals surface area (Å²) in [6, 6.07) is 28.6. The van der Waals surface area contributed by atoms with Crippen LogP contribution in [0.25, 0.3) is 21.8 Å². The topological polar surface area (TPSA) is 80.2 Å². The number of sulfonamides is 1. The van der Waals surface area contributed by atoms with Gasteiger partial charge in [0, 0.05) is 38.5 Å². The molecule has 2 N–H and O–H groups in total. The smallest absolute Gasteiger partial charge is 0.242 e. The molecule has 1 aromatic heterocycles. The van der Waals surface area contributed by atoms with Crippen molar-refractivity contribution in [3.63, 3.8) is 0 Å². The summed E-state index contributed by atoms with van der Waals surface area (Å²) >= 11 is 3.32. The van der Waals surface area contributed by atoms with Crippen molar-refractivity contribution in [2.75, 3.05) is 5.32 Å². The molecule has 0 bridgehead atoms. The number of aryl methyl sites for hydroxylation is 1. The molecule has 5 aromatic rings. The molecule has 188 valence electrons. The molecule has 0 unspecified atom stereocenters. The van der Waals surface area contributed by atoms with Crippen molar-refractivity contribution < 1.29 is 13.2 Å². The zero-order valence-electron chi connectivity index (χ0n) is 20.2. The average Bonchev–Trinajstić information content (AvgIpc) is 3.22. The maximum atomic E-state index is 13.5. The van der Waals surface area contributed by atoms with E-state index in [1.807, 2.05) is 60.7 Å². The fraction of sp³-hybridized carbons (Fsp3) is 0.138. The van der Waals surface area contributed by atoms with E-state index < -0.39 is 22.0 Å². The Morgan fingerprint density at radius 1 is 0.865 bits per heavy atom. The summed E-state index contributed by atoms with van der Waals surface area (Å²) < 4.78 is 31.9. The van der Waals surface area contributed by atoms with Crippen LogP contribution in [0.2, 0.25) is 0 Å². The lowest BCUT2D eigenvalue weighted by atomic mass is 10.1. The van der Waals surface area contributed by atoms with Crippen LogP contribution >= 0.6 is 15.9 Å². The molecule has 5 rings (SSSR count). The number of fused-ring (bicyclic) bond motifs is 3. The van der Waals surface area contributed by atoms with Crippen LogP contribution in [0.1, 0.15) is 12.5 Å². The lowest BCUT2D eigenvalue weighted by Crippen LogP contribution is -2.45. The highest BCUT2D eigenvalue weighted by molar-refractivity contribution is 9.10. The predicted octanol–water partition coefficient (Wildman–Crippen LogP) is 6.11. The lowest BCUT2D eigenvalue weighted by Gasteiger charge is -2.19. The van der Waals surface area contributed by atoms with Crippen LogP contribution in [0.4, 0.5) is 5.69 Å². The van der Waals surface area contributed by atoms with E-state index >= 15 is 0 Å². The van der Waals surface area contributed by atoms with E-state index in [1.54, 1.807) is 12.1 Å². The first kappa shape index (κ1) is 25.2. The Bertz CT molecular complexity index is 1680. The van der Waals surface area contributed by atoms with Crippen LogP contribution < -0.4 is 10.0 Å². The van der Waals surface area contributed by atoms with Crippen LogP contribution in [0, 0.1) is 0 Å². The van der Waals surface area contributed by atoms with E-state index in [1.165, 1.54) is 12.1 Å². The van der Waals surface area contributed by atoms with Gasteiger partial charge >= 0.3 is 0 Å². The number of carbonyl (C=O) groups excluding carboxylic acids is 1. The molecule has 1 heterocycles. The summed E-state index contributed by atoms with van der Waals surface area (Å²) in [6.45, 7) is 2.93. The van der Waals surface area contributed by atoms with Crippen molar-refractivity contribution in [1.82, 2.24) is 9.29 Å². The molecule has 0 aliphatic carbocycles. The number of hydrogen-bond donors (Lipinski definition) is 2. The van der Waals surface area contributed by atoms with Crippen LogP contribution in [0.3, 0.4) is 0 Å². The van der Waals surface area contributed by atoms with Crippen molar-refractivity contribution in [2.24, 2.45) is 0 Å². The number of nitrogens with zero attached hydrogens (tertiary/aromatic N) is 1. The monoisotopic (exact) mass is 575 g/mol. The molecular weight excluding hydrogens is 550 g/mol. The minimum absolute atomic E-state index is 0.0929. The minimum Gasteiger partial charge on any atom is -0.341 e. The molecule has 1 amide bonds. The molecule has 6 nitrogen and oxygen atoms in total. The summed E-state index contributed by atoms with van der Waals surface area (Å²) in [4.78, 5) is 13.6. The second-order valence-electron chi connectivity index (χ2n) is 8.80. The molecule has 0 saturated carbocycles. The fourth-order valence-electron chi connectivity index (χ4n) is 4.61. The van der Waals surface area contributed by atoms with E-state index in [0.29, 0.717) is 5.69 Å². The first-order valence-corrected chi connectivity index (χ1v) is 14.3. The van der Waals surface area contributed by atoms with Crippen molar-refractivity contribution in [3.8, 4) is 0 Å². The number of amides is 1. The Morgan fingerprint density at radius 3 is 2.27 bits per heavy atom. The highest BCUT2D eigenvalue weighted by Crippen LogP contribution is 2.31. The molecule has 0 aliphatic heterocycles. The molecule has 0 spiro atoms. The van der Waals surface area contributed by atoms with E-state index in [-0.39, 0.29) is 11.3 Å². The van der Waals surface area contributed by atoms with Crippen molar-refractivity contribution >= 4 is 59.4 Å². The minimum atomic E-state index is -3.93. The van der Waals surface area contributed by atoms with Gasteiger partial charge in [0.25, 0.3) is 0 Å². The molecule has 0 aliphatic rings. The van der Waals surface area contributed by atoms with Gasteiger partial charge in [0.05, 0.1) is 4.90 Å². The number of nitrogens with one attached hydrogen (secondary N) is 2. The van der Waals surface area contributed by atoms with Crippen LogP contribution in [0.5, 0.6) is 0 Å². The standard InChI is InChI=1S/C29H26BrN3O3S/c1-2-33-27-11-7-6-10-24(27)25-19-22(14-17-28(25)33)31-29(34)26(18-20-8-4-3-5-9-20)32-37(35,36)23-15-12-21(30)13-16-23/h3-17,19,26,32H,2,18H2,1H3,(H,31,34)/t26-/m0/s1. The third-order valence-electron chi connectivity index (χ3n) is 6.38. The van der Waals surface area contributed by atoms with Gasteiger partial charge in [-0.2, -0.15) is 4.72 Å². The van der Waals surface area contributed by atoms with E-state index in [2.05, 4.69) is 49.6 Å². The number of carbonyl (C=O) groups is 1. The van der Waals surface area contributed by atoms with E-state index in [0.717, 1.165) is 38.4 Å². The molecule has 1 atom stereocenters. The van der Waals surface area contributed by atoms with Gasteiger partial charge in [0.1, 0.15) is 6.04 Å². The highest BCUT2D eigenvalue weighted by atomic mass is 79.9. The van der Waals surface area contributed by atoms with Gasteiger partial charge in [-0.1, -0.05) is 64.5 Å². The fourth-order valence-corrected chi connectivity index (χ4v) is 6.07. The maximum Gasteiger partial charge on any atom is 0.242 e. The van der Waals surface area contributed by atoms with E-state index in [9.17, 15) is 13.2 Å². The third-order valence-corrected chi connectivity index (χ3v) is 8.39. The predicted molar refractivity (Wildman–Crippen MR) is 152 cm³/mol. The summed E-state index contributed by atoms with van der Waals surface area (Å²) in [5.41, 5.74) is 3.67. The normalized spacial score (nSPS) is 12.6. The molecule has 37 heavy (non-hydrogen) atoms. The third kappa shape index (κ3) is 5.32. The molecule has 0 fully saturated rings. The number of benzene rings is 4. The SMILES string of the molecule is CCn1c2ccccc2c2cc(NC(=O)[C@H](Cc3ccccc3)NS(=O)(=O)c3ccc(Br)cc3)ccc21. The van der Waals surface area contributed by atoms with Gasteiger partial charge in [-0.15, -0.1) is 0 Å². The number of rotatable bonds is 8. The van der Waals surface area contributed by atoms with Gasteiger partial charge < -0.3 is 9.88 Å². The van der Waals surface area contributed by atoms with E-state index in [4.69, 9.17) is 0 Å². The second kappa shape index (κ2) is 10.5. The first-order chi connectivity index (χ1) is 17.9. The van der Waals surface area contributed by atoms with Crippen LogP contribution in [0.15, 0.2) is 106 Å². The number of anilines is 1. The van der Waals surface area contributed by atoms with Gasteiger partial charge in [0.2, 0.25) is 15.9 Å². The zero-order chi connectivity index (χ0) is 26.0. The van der Waals surface area contributed by atoms with Crippen molar-refractivity contribution in [3.05, 3.63) is 107 Å². The van der Waals surface area contributed by atoms with Crippen LogP contribution in [-0.2, 0) is 27.8 Å². The Hall–Kier alpha value is -3.46. The van der Waals surface area contributed by atoms with Gasteiger partial charge in [-0.05, 0) is 67.4 Å². The van der Waals surface area contributed by atoms with Gasteiger partial charge in [-0.25, -0.2) is 8.42 Å². The van der Waals surface area contributed by atoms with Gasteiger partial charge in [-0.3, -0.25) is 4.79 Å². The van der Waals surface area contributed by atoms with Crippen molar-refractivity contribution in [2.45, 2.75) is 30.8 Å². The van der Waals surface area contributed by atoms with Gasteiger partial charge in [0.15, 0.2) is 0 Å². The molecule has 4 aromatic carbocycles. The Balaban J connectivity index is 1.46. The highest BCUT2D eigenvalue weighted by Gasteiger charge is 2.26. The number of para-hydroxylation sites is 1. The quantitative estimate of drug-likeness (QED) is 0.234. The molecular formula is C29H26BrN3O3S. The zero-order valence-corrected chi connectivity index (χ0v) is 22.6. The lowest BCUT2D eigenvalue weighted by molar-refractivity contribution is -0.117. The molecule has 0 radical (unpaired) electrons. The molecule has 0 saturated heterocycles. The first-order valence-electron chi connectivity index (χ1n) is 12.0. The molecule has 8 heteroatoms. The summed E-state index contributed by atoms with van der Waals surface area (Å²) in [6.07, 6.45) is 0.208. The Morgan fingerprint density at radius 2 is 1.54 bits per heavy atom. The Labute approximate surface area is 224 Å². The summed E-state index contributed by atoms with van der Waals surface area (Å²) in [5, 5.41) is 5.08. The van der Waals surface area contributed by atoms with Crippen LogP contribution in [-0.4, -0.2) is 24.9 Å². The maximum absolute atomic E-state index is 13.5. The number of aromatic nitrogens is 1. The Kier molecular flexibility index (Phi) is 7.15. The average molecular weight is 577 g/mol. The number of halogens is 1. The number of hydrogen-bond acceptors (Lipinski definition) is 3. The van der Waals surface area contributed by atoms with Crippen molar-refractivity contribution in [1.29, 1.82) is 0 Å². The largest absolute Gasteiger partial charge is 0.341 e. The summed E-state index contributed by atoms with van der Waals surface area (Å²) in [5.74, 6) is -0.428. The summed E-state index contributed by atoms with van der Waals surface area (Å²) in [7, 11) is -3.93.